The Bertz CT molecular complexity index is 950. The molecule has 0 aliphatic heterocycles. The molecule has 0 aliphatic rings. The fourth-order valence-electron chi connectivity index (χ4n) is 2.81. The van der Waals surface area contributed by atoms with Gasteiger partial charge < -0.3 is 16.0 Å². The highest BCUT2D eigenvalue weighted by molar-refractivity contribution is 6.06. The lowest BCUT2D eigenvalue weighted by atomic mass is 9.89. The van der Waals surface area contributed by atoms with Gasteiger partial charge in [-0.15, -0.1) is 0 Å². The number of nitrogens with two attached hydrogens (primary N) is 1. The first kappa shape index (κ1) is 16.5. The van der Waals surface area contributed by atoms with E-state index in [4.69, 9.17) is 10.9 Å². The lowest BCUT2D eigenvalue weighted by Gasteiger charge is -2.16. The number of benzene rings is 3. The van der Waals surface area contributed by atoms with Gasteiger partial charge in [-0.25, -0.2) is 4.39 Å². The highest BCUT2D eigenvalue weighted by Crippen LogP contribution is 2.36. The third-order valence-electron chi connectivity index (χ3n) is 4.07. The molecular weight excluding hydrogens is 319 g/mol. The molecule has 3 rings (SSSR count). The molecule has 5 heteroatoms. The molecule has 0 bridgehead atoms. The summed E-state index contributed by atoms with van der Waals surface area (Å²) < 4.78 is 13.7. The fourth-order valence-corrected chi connectivity index (χ4v) is 2.81. The van der Waals surface area contributed by atoms with Crippen molar-refractivity contribution in [1.29, 1.82) is 0 Å². The van der Waals surface area contributed by atoms with Crippen LogP contribution in [0.2, 0.25) is 0 Å². The van der Waals surface area contributed by atoms with Gasteiger partial charge in [0.1, 0.15) is 11.6 Å². The van der Waals surface area contributed by atoms with Gasteiger partial charge in [-0.2, -0.15) is 0 Å². The molecule has 0 heterocycles. The predicted molar refractivity (Wildman–Crippen MR) is 96.2 cm³/mol. The molecule has 0 spiro atoms. The van der Waals surface area contributed by atoms with Gasteiger partial charge in [0, 0.05) is 11.1 Å². The van der Waals surface area contributed by atoms with Gasteiger partial charge in [0.2, 0.25) is 0 Å². The number of halogens is 1. The van der Waals surface area contributed by atoms with Crippen LogP contribution in [0.4, 0.5) is 4.39 Å². The largest absolute Gasteiger partial charge is 0.508 e. The minimum Gasteiger partial charge on any atom is -0.508 e. The maximum atomic E-state index is 13.7. The number of hydrogen-bond acceptors (Lipinski definition) is 3. The van der Waals surface area contributed by atoms with Crippen LogP contribution < -0.4 is 5.73 Å². The second kappa shape index (κ2) is 6.65. The number of nitrogens with zero attached hydrogens (tertiary/aromatic N) is 1. The average Bonchev–Trinajstić information content (AvgIpc) is 2.63. The van der Waals surface area contributed by atoms with E-state index in [9.17, 15) is 9.50 Å². The zero-order chi connectivity index (χ0) is 18.0. The van der Waals surface area contributed by atoms with Crippen molar-refractivity contribution in [3.63, 3.8) is 0 Å². The fraction of sp³-hybridized carbons (Fsp3) is 0.0500. The molecule has 0 amide bonds. The number of aromatic hydroxyl groups is 1. The smallest absolute Gasteiger partial charge is 0.170 e. The number of oxime groups is 1. The first-order chi connectivity index (χ1) is 12.0. The summed E-state index contributed by atoms with van der Waals surface area (Å²) in [6.45, 7) is 1.69. The second-order valence-electron chi connectivity index (χ2n) is 5.72. The Morgan fingerprint density at radius 2 is 1.68 bits per heavy atom. The van der Waals surface area contributed by atoms with Crippen molar-refractivity contribution >= 4 is 5.84 Å². The van der Waals surface area contributed by atoms with E-state index in [-0.39, 0.29) is 17.4 Å². The van der Waals surface area contributed by atoms with Gasteiger partial charge in [-0.05, 0) is 53.4 Å². The monoisotopic (exact) mass is 336 g/mol. The van der Waals surface area contributed by atoms with Gasteiger partial charge in [-0.1, -0.05) is 41.6 Å². The van der Waals surface area contributed by atoms with Crippen molar-refractivity contribution in [2.45, 2.75) is 6.92 Å². The summed E-state index contributed by atoms with van der Waals surface area (Å²) in [5.74, 6) is -0.163. The first-order valence-electron chi connectivity index (χ1n) is 7.68. The Balaban J connectivity index is 2.32. The van der Waals surface area contributed by atoms with Crippen LogP contribution in [0.25, 0.3) is 22.3 Å². The highest BCUT2D eigenvalue weighted by atomic mass is 19.1. The summed E-state index contributed by atoms with van der Waals surface area (Å²) in [5, 5.41) is 21.8. The van der Waals surface area contributed by atoms with Crippen LogP contribution in [0, 0.1) is 12.7 Å². The van der Waals surface area contributed by atoms with Crippen LogP contribution in [-0.4, -0.2) is 16.1 Å². The normalized spacial score (nSPS) is 11.5. The number of aryl methyl sites for hydroxylation is 1. The van der Waals surface area contributed by atoms with E-state index < -0.39 is 0 Å². The van der Waals surface area contributed by atoms with Gasteiger partial charge in [0.25, 0.3) is 0 Å². The Morgan fingerprint density at radius 3 is 2.32 bits per heavy atom. The summed E-state index contributed by atoms with van der Waals surface area (Å²) in [6, 6.07) is 17.0. The lowest BCUT2D eigenvalue weighted by Crippen LogP contribution is -2.15. The number of phenols is 1. The molecule has 25 heavy (non-hydrogen) atoms. The Labute approximate surface area is 144 Å². The zero-order valence-electron chi connectivity index (χ0n) is 13.6. The molecule has 0 atom stereocenters. The molecule has 126 valence electrons. The zero-order valence-corrected chi connectivity index (χ0v) is 13.6. The van der Waals surface area contributed by atoms with E-state index in [0.29, 0.717) is 11.1 Å². The van der Waals surface area contributed by atoms with E-state index in [1.165, 1.54) is 6.07 Å². The van der Waals surface area contributed by atoms with E-state index in [1.54, 1.807) is 55.5 Å². The molecule has 0 fully saturated rings. The Morgan fingerprint density at radius 1 is 1.00 bits per heavy atom. The maximum Gasteiger partial charge on any atom is 0.170 e. The predicted octanol–water partition coefficient (Wildman–Crippen LogP) is 4.27. The van der Waals surface area contributed by atoms with Gasteiger partial charge >= 0.3 is 0 Å². The van der Waals surface area contributed by atoms with Crippen molar-refractivity contribution in [1.82, 2.24) is 0 Å². The Kier molecular flexibility index (Phi) is 4.39. The molecule has 3 aromatic rings. The molecule has 0 saturated carbocycles. The summed E-state index contributed by atoms with van der Waals surface area (Å²) in [6.07, 6.45) is 0. The molecule has 0 aliphatic carbocycles. The molecular formula is C20H17FN2O2. The topological polar surface area (TPSA) is 78.8 Å². The molecule has 0 aromatic heterocycles. The molecule has 3 aromatic carbocycles. The van der Waals surface area contributed by atoms with Crippen LogP contribution in [0.3, 0.4) is 0 Å². The second-order valence-corrected chi connectivity index (χ2v) is 5.72. The summed E-state index contributed by atoms with van der Waals surface area (Å²) >= 11 is 0. The Hall–Kier alpha value is -3.34. The number of rotatable bonds is 3. The van der Waals surface area contributed by atoms with Crippen molar-refractivity contribution in [3.8, 4) is 28.0 Å². The summed E-state index contributed by atoms with van der Waals surface area (Å²) in [5.41, 5.74) is 10.1. The minimum atomic E-state index is -0.295. The highest BCUT2D eigenvalue weighted by Gasteiger charge is 2.16. The van der Waals surface area contributed by atoms with Crippen molar-refractivity contribution < 1.29 is 14.7 Å². The maximum absolute atomic E-state index is 13.7. The quantitative estimate of drug-likeness (QED) is 0.289. The number of amidine groups is 1. The first-order valence-corrected chi connectivity index (χ1v) is 7.68. The molecule has 0 unspecified atom stereocenters. The van der Waals surface area contributed by atoms with Crippen LogP contribution in [-0.2, 0) is 0 Å². The minimum absolute atomic E-state index is 0.0300. The SMILES string of the molecule is Cc1cc(-c2c(C(N)=NO)cccc2-c2ccc(O)cc2)ccc1F. The standard InChI is InChI=1S/C20H17FN2O2/c1-12-11-14(7-10-18(12)21)19-16(13-5-8-15(24)9-6-13)3-2-4-17(19)20(22)23-25/h2-11,24-25H,1H3,(H2,22,23). The van der Waals surface area contributed by atoms with E-state index >= 15 is 0 Å². The lowest BCUT2D eigenvalue weighted by molar-refractivity contribution is 0.318. The van der Waals surface area contributed by atoms with Crippen LogP contribution in [0.5, 0.6) is 5.75 Å². The molecule has 4 nitrogen and oxygen atoms in total. The molecule has 0 radical (unpaired) electrons. The van der Waals surface area contributed by atoms with Crippen molar-refractivity contribution in [3.05, 3.63) is 77.6 Å². The van der Waals surface area contributed by atoms with E-state index in [1.807, 2.05) is 6.07 Å². The number of hydrogen-bond donors (Lipinski definition) is 3. The summed E-state index contributed by atoms with van der Waals surface area (Å²) in [4.78, 5) is 0. The van der Waals surface area contributed by atoms with E-state index in [0.717, 1.165) is 22.3 Å². The molecule has 0 saturated heterocycles. The van der Waals surface area contributed by atoms with Crippen molar-refractivity contribution in [2.24, 2.45) is 10.9 Å². The third-order valence-corrected chi connectivity index (χ3v) is 4.07. The third kappa shape index (κ3) is 3.17. The van der Waals surface area contributed by atoms with Crippen LogP contribution in [0.15, 0.2) is 65.8 Å². The van der Waals surface area contributed by atoms with Gasteiger partial charge in [-0.3, -0.25) is 0 Å². The van der Waals surface area contributed by atoms with Crippen LogP contribution >= 0.6 is 0 Å². The molecule has 4 N–H and O–H groups in total. The van der Waals surface area contributed by atoms with Crippen LogP contribution in [0.1, 0.15) is 11.1 Å². The van der Waals surface area contributed by atoms with E-state index in [2.05, 4.69) is 5.16 Å². The van der Waals surface area contributed by atoms with Gasteiger partial charge in [0.15, 0.2) is 5.84 Å². The van der Waals surface area contributed by atoms with Crippen molar-refractivity contribution in [2.75, 3.05) is 0 Å². The average molecular weight is 336 g/mol. The summed E-state index contributed by atoms with van der Waals surface area (Å²) in [7, 11) is 0. The van der Waals surface area contributed by atoms with Gasteiger partial charge in [0.05, 0.1) is 0 Å². The number of phenolic OH excluding ortho intramolecular Hbond substituents is 1.